The summed E-state index contributed by atoms with van der Waals surface area (Å²) in [6.45, 7) is 7.12. The molecule has 1 aliphatic rings. The van der Waals surface area contributed by atoms with Crippen LogP contribution >= 0.6 is 0 Å². The molecule has 1 rings (SSSR count). The summed E-state index contributed by atoms with van der Waals surface area (Å²) in [5.41, 5.74) is 5.53. The minimum atomic E-state index is -3.17. The summed E-state index contributed by atoms with van der Waals surface area (Å²) in [5, 5.41) is 0. The normalized spacial score (nSPS) is 27.6. The van der Waals surface area contributed by atoms with Gasteiger partial charge >= 0.3 is 0 Å². The van der Waals surface area contributed by atoms with Crippen molar-refractivity contribution in [2.75, 3.05) is 25.4 Å². The van der Waals surface area contributed by atoms with Crippen molar-refractivity contribution in [1.29, 1.82) is 0 Å². The zero-order chi connectivity index (χ0) is 13.1. The first-order chi connectivity index (χ1) is 7.86. The van der Waals surface area contributed by atoms with Crippen LogP contribution in [0.4, 0.5) is 0 Å². The number of nitrogens with two attached hydrogens (primary N) is 1. The van der Waals surface area contributed by atoms with Crippen LogP contribution in [-0.2, 0) is 14.8 Å². The fraction of sp³-hybridized carbons (Fsp3) is 1.00. The maximum atomic E-state index is 12.2. The molecule has 0 saturated carbocycles. The van der Waals surface area contributed by atoms with Gasteiger partial charge in [-0.2, -0.15) is 4.31 Å². The number of hydrogen-bond donors (Lipinski definition) is 1. The molecule has 1 fully saturated rings. The molecule has 2 unspecified atom stereocenters. The molecular weight excluding hydrogens is 240 g/mol. The van der Waals surface area contributed by atoms with Gasteiger partial charge in [-0.3, -0.25) is 0 Å². The highest BCUT2D eigenvalue weighted by Crippen LogP contribution is 2.17. The lowest BCUT2D eigenvalue weighted by molar-refractivity contribution is -0.0219. The summed E-state index contributed by atoms with van der Waals surface area (Å²) in [6, 6.07) is -0.0880. The van der Waals surface area contributed by atoms with Crippen LogP contribution in [0.2, 0.25) is 0 Å². The van der Waals surface area contributed by atoms with E-state index in [0.29, 0.717) is 32.0 Å². The van der Waals surface area contributed by atoms with Gasteiger partial charge in [-0.25, -0.2) is 8.42 Å². The maximum Gasteiger partial charge on any atom is 0.214 e. The first-order valence-electron chi connectivity index (χ1n) is 6.18. The molecule has 2 N–H and O–H groups in total. The molecule has 17 heavy (non-hydrogen) atoms. The zero-order valence-electron chi connectivity index (χ0n) is 10.9. The SMILES string of the molecule is CC(C)CCS(=O)(=O)N1CC(CN)OCC1C. The summed E-state index contributed by atoms with van der Waals surface area (Å²) in [5.74, 6) is 0.609. The van der Waals surface area contributed by atoms with E-state index in [-0.39, 0.29) is 17.9 Å². The monoisotopic (exact) mass is 264 g/mol. The molecule has 0 radical (unpaired) electrons. The van der Waals surface area contributed by atoms with Crippen molar-refractivity contribution in [3.63, 3.8) is 0 Å². The van der Waals surface area contributed by atoms with Crippen molar-refractivity contribution < 1.29 is 13.2 Å². The van der Waals surface area contributed by atoms with E-state index >= 15 is 0 Å². The quantitative estimate of drug-likeness (QED) is 0.780. The van der Waals surface area contributed by atoms with Gasteiger partial charge in [0.25, 0.3) is 0 Å². The van der Waals surface area contributed by atoms with Crippen LogP contribution in [0.15, 0.2) is 0 Å². The summed E-state index contributed by atoms with van der Waals surface area (Å²) >= 11 is 0. The van der Waals surface area contributed by atoms with E-state index in [1.165, 1.54) is 0 Å². The van der Waals surface area contributed by atoms with E-state index in [1.54, 1.807) is 4.31 Å². The third-order valence-electron chi connectivity index (χ3n) is 3.02. The zero-order valence-corrected chi connectivity index (χ0v) is 11.7. The predicted octanol–water partition coefficient (Wildman–Crippen LogP) is 0.410. The van der Waals surface area contributed by atoms with Crippen molar-refractivity contribution in [2.24, 2.45) is 11.7 Å². The number of rotatable bonds is 5. The molecule has 0 aromatic carbocycles. The van der Waals surface area contributed by atoms with Crippen LogP contribution in [0, 0.1) is 5.92 Å². The van der Waals surface area contributed by atoms with E-state index in [9.17, 15) is 8.42 Å². The fourth-order valence-electron chi connectivity index (χ4n) is 1.82. The van der Waals surface area contributed by atoms with Gasteiger partial charge in [0, 0.05) is 19.1 Å². The lowest BCUT2D eigenvalue weighted by atomic mass is 10.2. The lowest BCUT2D eigenvalue weighted by Crippen LogP contribution is -2.53. The van der Waals surface area contributed by atoms with Gasteiger partial charge < -0.3 is 10.5 Å². The minimum Gasteiger partial charge on any atom is -0.374 e. The van der Waals surface area contributed by atoms with Crippen molar-refractivity contribution in [1.82, 2.24) is 4.31 Å². The number of ether oxygens (including phenoxy) is 1. The highest BCUT2D eigenvalue weighted by molar-refractivity contribution is 7.89. The second-order valence-corrected chi connectivity index (χ2v) is 7.15. The maximum absolute atomic E-state index is 12.2. The standard InChI is InChI=1S/C11H24N2O3S/c1-9(2)4-5-17(14,15)13-7-11(6-12)16-8-10(13)3/h9-11H,4-8,12H2,1-3H3. The van der Waals surface area contributed by atoms with Crippen molar-refractivity contribution in [2.45, 2.75) is 39.3 Å². The third-order valence-corrected chi connectivity index (χ3v) is 5.00. The van der Waals surface area contributed by atoms with Crippen LogP contribution in [0.5, 0.6) is 0 Å². The molecule has 6 heteroatoms. The summed E-state index contributed by atoms with van der Waals surface area (Å²) in [6.07, 6.45) is 0.528. The molecule has 0 aromatic heterocycles. The Balaban J connectivity index is 2.67. The lowest BCUT2D eigenvalue weighted by Gasteiger charge is -2.36. The van der Waals surface area contributed by atoms with E-state index in [2.05, 4.69) is 0 Å². The van der Waals surface area contributed by atoms with Gasteiger partial charge in [0.05, 0.1) is 18.5 Å². The Labute approximate surface area is 104 Å². The van der Waals surface area contributed by atoms with E-state index in [4.69, 9.17) is 10.5 Å². The predicted molar refractivity (Wildman–Crippen MR) is 68.2 cm³/mol. The first-order valence-corrected chi connectivity index (χ1v) is 7.79. The molecule has 1 aliphatic heterocycles. The second-order valence-electron chi connectivity index (χ2n) is 5.11. The van der Waals surface area contributed by atoms with Crippen LogP contribution in [0.3, 0.4) is 0 Å². The van der Waals surface area contributed by atoms with Crippen molar-refractivity contribution in [3.05, 3.63) is 0 Å². The van der Waals surface area contributed by atoms with Crippen molar-refractivity contribution >= 4 is 10.0 Å². The molecule has 0 aromatic rings. The average Bonchev–Trinajstić information content (AvgIpc) is 2.27. The Bertz CT molecular complexity index is 330. The first kappa shape index (κ1) is 14.9. The Hall–Kier alpha value is -0.170. The number of morpholine rings is 1. The van der Waals surface area contributed by atoms with Gasteiger partial charge in [0.1, 0.15) is 0 Å². The van der Waals surface area contributed by atoms with Crippen LogP contribution in [0.25, 0.3) is 0 Å². The molecule has 0 amide bonds. The van der Waals surface area contributed by atoms with Crippen LogP contribution < -0.4 is 5.73 Å². The highest BCUT2D eigenvalue weighted by atomic mass is 32.2. The molecule has 102 valence electrons. The van der Waals surface area contributed by atoms with E-state index in [0.717, 1.165) is 0 Å². The van der Waals surface area contributed by atoms with Crippen LogP contribution in [0.1, 0.15) is 27.2 Å². The number of sulfonamides is 1. The highest BCUT2D eigenvalue weighted by Gasteiger charge is 2.33. The smallest absolute Gasteiger partial charge is 0.214 e. The third kappa shape index (κ3) is 4.21. The molecule has 1 saturated heterocycles. The van der Waals surface area contributed by atoms with Gasteiger partial charge in [-0.1, -0.05) is 13.8 Å². The second kappa shape index (κ2) is 6.13. The Morgan fingerprint density at radius 3 is 2.65 bits per heavy atom. The summed E-state index contributed by atoms with van der Waals surface area (Å²) in [7, 11) is -3.17. The minimum absolute atomic E-state index is 0.0880. The van der Waals surface area contributed by atoms with Crippen LogP contribution in [-0.4, -0.2) is 50.3 Å². The molecule has 0 bridgehead atoms. The molecule has 0 aliphatic carbocycles. The Morgan fingerprint density at radius 1 is 1.47 bits per heavy atom. The Kier molecular flexibility index (Phi) is 5.37. The molecule has 0 spiro atoms. The Morgan fingerprint density at radius 2 is 2.12 bits per heavy atom. The molecular formula is C11H24N2O3S. The van der Waals surface area contributed by atoms with Gasteiger partial charge in [-0.15, -0.1) is 0 Å². The fourth-order valence-corrected chi connectivity index (χ4v) is 3.83. The average molecular weight is 264 g/mol. The summed E-state index contributed by atoms with van der Waals surface area (Å²) < 4.78 is 31.4. The van der Waals surface area contributed by atoms with E-state index < -0.39 is 10.0 Å². The number of hydrogen-bond acceptors (Lipinski definition) is 4. The molecule has 5 nitrogen and oxygen atoms in total. The van der Waals surface area contributed by atoms with Gasteiger partial charge in [0.2, 0.25) is 10.0 Å². The topological polar surface area (TPSA) is 72.6 Å². The number of nitrogens with zero attached hydrogens (tertiary/aromatic N) is 1. The van der Waals surface area contributed by atoms with Crippen molar-refractivity contribution in [3.8, 4) is 0 Å². The molecule has 2 atom stereocenters. The largest absolute Gasteiger partial charge is 0.374 e. The summed E-state index contributed by atoms with van der Waals surface area (Å²) in [4.78, 5) is 0. The van der Waals surface area contributed by atoms with Gasteiger partial charge in [0.15, 0.2) is 0 Å². The van der Waals surface area contributed by atoms with E-state index in [1.807, 2.05) is 20.8 Å². The van der Waals surface area contributed by atoms with Gasteiger partial charge in [-0.05, 0) is 19.3 Å². The molecule has 1 heterocycles.